The third-order valence-electron chi connectivity index (χ3n) is 1.19. The number of hydrogen-bond donors (Lipinski definition) is 3. The summed E-state index contributed by atoms with van der Waals surface area (Å²) in [5.74, 6) is -4.49. The molecular weight excluding hydrogens is 124 g/mol. The van der Waals surface area contributed by atoms with Gasteiger partial charge in [0, 0.05) is 0 Å². The number of carbonyl (C=O) groups excluding carboxylic acids is 1. The molecule has 0 fully saturated rings. The topological polar surface area (TPSA) is 77.8 Å². The first-order valence-corrected chi connectivity index (χ1v) is 2.53. The molecule has 0 spiro atoms. The number of rotatable bonds is 2. The van der Waals surface area contributed by atoms with Crippen molar-refractivity contribution < 1.29 is 20.1 Å². The van der Waals surface area contributed by atoms with Gasteiger partial charge in [0.05, 0.1) is 5.92 Å². The Morgan fingerprint density at radius 1 is 1.44 bits per heavy atom. The maximum absolute atomic E-state index is 10.3. The highest BCUT2D eigenvalue weighted by Gasteiger charge is 2.31. The molecule has 0 amide bonds. The summed E-state index contributed by atoms with van der Waals surface area (Å²) < 4.78 is 0. The van der Waals surface area contributed by atoms with Crippen molar-refractivity contribution in [3.63, 3.8) is 0 Å². The van der Waals surface area contributed by atoms with Gasteiger partial charge in [0.25, 0.3) is 5.97 Å². The van der Waals surface area contributed by atoms with E-state index < -0.39 is 17.7 Å². The van der Waals surface area contributed by atoms with Crippen LogP contribution < -0.4 is 0 Å². The Morgan fingerprint density at radius 3 is 1.78 bits per heavy atom. The average molecular weight is 134 g/mol. The molecular formula is C5H10O4. The van der Waals surface area contributed by atoms with Gasteiger partial charge < -0.3 is 15.3 Å². The van der Waals surface area contributed by atoms with E-state index >= 15 is 0 Å². The largest absolute Gasteiger partial charge is 0.343 e. The molecule has 0 rings (SSSR count). The minimum absolute atomic E-state index is 0.470. The SMILES string of the molecule is CC(=O)C(C)C(O)(O)O. The maximum Gasteiger partial charge on any atom is 0.285 e. The fraction of sp³-hybridized carbons (Fsp3) is 0.800. The molecule has 0 heterocycles. The van der Waals surface area contributed by atoms with Gasteiger partial charge in [-0.1, -0.05) is 0 Å². The van der Waals surface area contributed by atoms with E-state index in [0.717, 1.165) is 0 Å². The van der Waals surface area contributed by atoms with Crippen LogP contribution in [0.1, 0.15) is 13.8 Å². The third kappa shape index (κ3) is 2.55. The molecule has 4 nitrogen and oxygen atoms in total. The predicted molar refractivity (Wildman–Crippen MR) is 29.2 cm³/mol. The van der Waals surface area contributed by atoms with Crippen molar-refractivity contribution >= 4 is 5.78 Å². The molecule has 0 aromatic heterocycles. The van der Waals surface area contributed by atoms with E-state index in [1.54, 1.807) is 0 Å². The van der Waals surface area contributed by atoms with Crippen molar-refractivity contribution in [2.24, 2.45) is 5.92 Å². The Kier molecular flexibility index (Phi) is 2.31. The van der Waals surface area contributed by atoms with Gasteiger partial charge in [-0.25, -0.2) is 0 Å². The second kappa shape index (κ2) is 2.43. The number of ketones is 1. The van der Waals surface area contributed by atoms with Gasteiger partial charge in [0.2, 0.25) is 0 Å². The summed E-state index contributed by atoms with van der Waals surface area (Å²) in [5, 5.41) is 25.0. The molecule has 0 bridgehead atoms. The molecule has 9 heavy (non-hydrogen) atoms. The lowest BCUT2D eigenvalue weighted by molar-refractivity contribution is -0.331. The monoisotopic (exact) mass is 134 g/mol. The number of aliphatic hydroxyl groups is 3. The van der Waals surface area contributed by atoms with Crippen molar-refractivity contribution in [2.75, 3.05) is 0 Å². The summed E-state index contributed by atoms with van der Waals surface area (Å²) in [6.07, 6.45) is 0. The minimum atomic E-state index is -2.87. The predicted octanol–water partition coefficient (Wildman–Crippen LogP) is -1.16. The van der Waals surface area contributed by atoms with Crippen LogP contribution in [-0.2, 0) is 4.79 Å². The van der Waals surface area contributed by atoms with Crippen LogP contribution in [0.2, 0.25) is 0 Å². The molecule has 0 saturated heterocycles. The summed E-state index contributed by atoms with van der Waals surface area (Å²) >= 11 is 0. The number of carbonyl (C=O) groups is 1. The van der Waals surface area contributed by atoms with E-state index in [0.29, 0.717) is 0 Å². The molecule has 1 unspecified atom stereocenters. The summed E-state index contributed by atoms with van der Waals surface area (Å²) in [6, 6.07) is 0. The van der Waals surface area contributed by atoms with Gasteiger partial charge in [0.1, 0.15) is 5.78 Å². The highest BCUT2D eigenvalue weighted by molar-refractivity contribution is 5.78. The highest BCUT2D eigenvalue weighted by atomic mass is 16.7. The van der Waals surface area contributed by atoms with Crippen molar-refractivity contribution in [1.82, 2.24) is 0 Å². The lowest BCUT2D eigenvalue weighted by Gasteiger charge is -2.18. The summed E-state index contributed by atoms with van der Waals surface area (Å²) in [5.41, 5.74) is 0. The van der Waals surface area contributed by atoms with Gasteiger partial charge in [-0.15, -0.1) is 0 Å². The van der Waals surface area contributed by atoms with Crippen LogP contribution in [0.4, 0.5) is 0 Å². The van der Waals surface area contributed by atoms with Crippen LogP contribution in [0.3, 0.4) is 0 Å². The Labute approximate surface area is 52.7 Å². The first kappa shape index (κ1) is 8.55. The third-order valence-corrected chi connectivity index (χ3v) is 1.19. The molecule has 54 valence electrons. The highest BCUT2D eigenvalue weighted by Crippen LogP contribution is 2.10. The fourth-order valence-electron chi connectivity index (χ4n) is 0.273. The number of hydrogen-bond acceptors (Lipinski definition) is 4. The fourth-order valence-corrected chi connectivity index (χ4v) is 0.273. The second-order valence-electron chi connectivity index (χ2n) is 2.02. The molecule has 4 heteroatoms. The molecule has 0 radical (unpaired) electrons. The standard InChI is InChI=1S/C5H10O4/c1-3(4(2)6)5(7,8)9/h3,7-9H,1-2H3. The Hall–Kier alpha value is -0.450. The Balaban J connectivity index is 4.04. The Morgan fingerprint density at radius 2 is 1.78 bits per heavy atom. The summed E-state index contributed by atoms with van der Waals surface area (Å²) in [7, 11) is 0. The van der Waals surface area contributed by atoms with Crippen LogP contribution in [-0.4, -0.2) is 27.1 Å². The lowest BCUT2D eigenvalue weighted by atomic mass is 10.1. The zero-order valence-electron chi connectivity index (χ0n) is 5.33. The zero-order chi connectivity index (χ0) is 7.65. The quantitative estimate of drug-likeness (QED) is 0.416. The maximum atomic E-state index is 10.3. The summed E-state index contributed by atoms with van der Waals surface area (Å²) in [6.45, 7) is 2.39. The normalized spacial score (nSPS) is 15.2. The molecule has 0 aliphatic rings. The van der Waals surface area contributed by atoms with E-state index in [1.807, 2.05) is 0 Å². The number of Topliss-reactive ketones (excluding diaryl/α,β-unsaturated/α-hetero) is 1. The van der Waals surface area contributed by atoms with Crippen LogP contribution >= 0.6 is 0 Å². The lowest BCUT2D eigenvalue weighted by Crippen LogP contribution is -2.39. The molecule has 0 saturated carbocycles. The van der Waals surface area contributed by atoms with Crippen molar-refractivity contribution in [2.45, 2.75) is 19.8 Å². The van der Waals surface area contributed by atoms with Crippen molar-refractivity contribution in [3.05, 3.63) is 0 Å². The Bertz CT molecular complexity index is 113. The van der Waals surface area contributed by atoms with Gasteiger partial charge >= 0.3 is 0 Å². The smallest absolute Gasteiger partial charge is 0.285 e. The van der Waals surface area contributed by atoms with Crippen LogP contribution in [0.25, 0.3) is 0 Å². The summed E-state index contributed by atoms with van der Waals surface area (Å²) in [4.78, 5) is 10.3. The first-order chi connectivity index (χ1) is 3.85. The van der Waals surface area contributed by atoms with E-state index in [2.05, 4.69) is 0 Å². The van der Waals surface area contributed by atoms with Gasteiger partial charge in [-0.05, 0) is 13.8 Å². The second-order valence-corrected chi connectivity index (χ2v) is 2.02. The molecule has 3 N–H and O–H groups in total. The van der Waals surface area contributed by atoms with E-state index in [4.69, 9.17) is 15.3 Å². The first-order valence-electron chi connectivity index (χ1n) is 2.53. The molecule has 0 aliphatic carbocycles. The van der Waals surface area contributed by atoms with Crippen LogP contribution in [0, 0.1) is 5.92 Å². The van der Waals surface area contributed by atoms with Gasteiger partial charge in [0.15, 0.2) is 0 Å². The zero-order valence-corrected chi connectivity index (χ0v) is 5.33. The van der Waals surface area contributed by atoms with Gasteiger partial charge in [-0.3, -0.25) is 4.79 Å². The average Bonchev–Trinajstić information content (AvgIpc) is 1.62. The molecule has 0 aromatic rings. The van der Waals surface area contributed by atoms with Crippen molar-refractivity contribution in [1.29, 1.82) is 0 Å². The molecule has 1 atom stereocenters. The van der Waals surface area contributed by atoms with Crippen molar-refractivity contribution in [3.8, 4) is 0 Å². The van der Waals surface area contributed by atoms with E-state index in [-0.39, 0.29) is 0 Å². The molecule has 0 aromatic carbocycles. The van der Waals surface area contributed by atoms with Gasteiger partial charge in [-0.2, -0.15) is 0 Å². The van der Waals surface area contributed by atoms with E-state index in [1.165, 1.54) is 13.8 Å². The van der Waals surface area contributed by atoms with E-state index in [9.17, 15) is 4.79 Å². The minimum Gasteiger partial charge on any atom is -0.343 e. The van der Waals surface area contributed by atoms with Crippen LogP contribution in [0.15, 0.2) is 0 Å². The van der Waals surface area contributed by atoms with Crippen LogP contribution in [0.5, 0.6) is 0 Å². The molecule has 0 aliphatic heterocycles.